The van der Waals surface area contributed by atoms with Gasteiger partial charge in [0.15, 0.2) is 5.75 Å². The number of rotatable bonds is 4. The smallest absolute Gasteiger partial charge is 0.251 e. The molecule has 6 nitrogen and oxygen atoms in total. The van der Waals surface area contributed by atoms with Crippen LogP contribution in [-0.4, -0.2) is 16.8 Å². The summed E-state index contributed by atoms with van der Waals surface area (Å²) in [6.07, 6.45) is 5.79. The number of halogens is 1. The highest BCUT2D eigenvalue weighted by Gasteiger charge is 2.24. The van der Waals surface area contributed by atoms with E-state index in [1.165, 1.54) is 12.2 Å². The molecule has 0 saturated carbocycles. The van der Waals surface area contributed by atoms with Crippen molar-refractivity contribution in [1.29, 1.82) is 0 Å². The second-order valence-electron chi connectivity index (χ2n) is 6.65. The number of nitrogens with zero attached hydrogens (tertiary/aromatic N) is 2. The Kier molecular flexibility index (Phi) is 5.77. The molecule has 30 heavy (non-hydrogen) atoms. The lowest BCUT2D eigenvalue weighted by atomic mass is 10.2. The van der Waals surface area contributed by atoms with Crippen molar-refractivity contribution in [2.24, 2.45) is 0 Å². The number of hydrogen-bond donors (Lipinski definition) is 1. The van der Waals surface area contributed by atoms with Crippen LogP contribution in [0.2, 0.25) is 5.02 Å². The second-order valence-corrected chi connectivity index (χ2v) is 7.09. The Labute approximate surface area is 178 Å². The van der Waals surface area contributed by atoms with Crippen LogP contribution in [0.4, 0.5) is 5.69 Å². The lowest BCUT2D eigenvalue weighted by Gasteiger charge is -2.20. The molecule has 0 spiro atoms. The third-order valence-corrected chi connectivity index (χ3v) is 4.83. The number of aromatic nitrogens is 1. The number of anilines is 1. The fourth-order valence-electron chi connectivity index (χ4n) is 3.08. The number of pyridine rings is 1. The number of nitrogens with one attached hydrogen (secondary N) is 1. The van der Waals surface area contributed by atoms with Gasteiger partial charge in [-0.2, -0.15) is 0 Å². The Morgan fingerprint density at radius 3 is 2.70 bits per heavy atom. The molecule has 1 aliphatic heterocycles. The number of carbonyl (C=O) groups excluding carboxylic acids is 2. The van der Waals surface area contributed by atoms with Gasteiger partial charge in [0.1, 0.15) is 5.75 Å². The first kappa shape index (κ1) is 19.7. The van der Waals surface area contributed by atoms with Gasteiger partial charge in [0.05, 0.1) is 12.2 Å². The highest BCUT2D eigenvalue weighted by molar-refractivity contribution is 6.31. The summed E-state index contributed by atoms with van der Waals surface area (Å²) in [5, 5.41) is 3.23. The van der Waals surface area contributed by atoms with Crippen LogP contribution in [0.25, 0.3) is 0 Å². The molecular weight excluding hydrogens is 402 g/mol. The zero-order chi connectivity index (χ0) is 20.9. The minimum atomic E-state index is -0.363. The third kappa shape index (κ3) is 4.50. The molecule has 2 aromatic carbocycles. The van der Waals surface area contributed by atoms with Gasteiger partial charge in [-0.25, -0.2) is 0 Å². The predicted octanol–water partition coefficient (Wildman–Crippen LogP) is 4.25. The average Bonchev–Trinajstić information content (AvgIpc) is 2.93. The Morgan fingerprint density at radius 2 is 1.87 bits per heavy atom. The Hall–Kier alpha value is -3.64. The summed E-state index contributed by atoms with van der Waals surface area (Å²) in [5.41, 5.74) is 2.32. The van der Waals surface area contributed by atoms with E-state index in [0.29, 0.717) is 35.3 Å². The molecule has 0 saturated heterocycles. The van der Waals surface area contributed by atoms with Crippen LogP contribution in [-0.2, 0) is 22.7 Å². The number of carbonyl (C=O) groups is 2. The maximum Gasteiger partial charge on any atom is 0.251 e. The molecule has 4 rings (SSSR count). The van der Waals surface area contributed by atoms with Gasteiger partial charge in [-0.3, -0.25) is 14.6 Å². The van der Waals surface area contributed by atoms with Gasteiger partial charge in [-0.15, -0.1) is 0 Å². The van der Waals surface area contributed by atoms with E-state index in [4.69, 9.17) is 16.3 Å². The molecule has 3 aromatic rings. The summed E-state index contributed by atoms with van der Waals surface area (Å²) in [6, 6.07) is 16.2. The van der Waals surface area contributed by atoms with Crippen molar-refractivity contribution in [2.75, 3.05) is 4.90 Å². The van der Waals surface area contributed by atoms with Crippen LogP contribution in [0.3, 0.4) is 0 Å². The normalized spacial score (nSPS) is 12.5. The van der Waals surface area contributed by atoms with E-state index in [0.717, 1.165) is 11.1 Å². The molecule has 1 aromatic heterocycles. The van der Waals surface area contributed by atoms with Crippen molar-refractivity contribution in [3.63, 3.8) is 0 Å². The maximum absolute atomic E-state index is 13.0. The molecule has 0 aliphatic carbocycles. The molecular formula is C23H18ClN3O3. The minimum absolute atomic E-state index is 0.297. The highest BCUT2D eigenvalue weighted by Crippen LogP contribution is 2.40. The second kappa shape index (κ2) is 8.80. The van der Waals surface area contributed by atoms with Crippen molar-refractivity contribution in [3.05, 3.63) is 95.3 Å². The molecule has 150 valence electrons. The third-order valence-electron chi connectivity index (χ3n) is 4.59. The summed E-state index contributed by atoms with van der Waals surface area (Å²) in [6.45, 7) is 0.647. The van der Waals surface area contributed by atoms with Gasteiger partial charge < -0.3 is 15.0 Å². The molecule has 7 heteroatoms. The van der Waals surface area contributed by atoms with Gasteiger partial charge in [0.25, 0.3) is 5.91 Å². The van der Waals surface area contributed by atoms with Gasteiger partial charge in [0, 0.05) is 41.7 Å². The molecule has 1 aliphatic rings. The first-order chi connectivity index (χ1) is 14.6. The Morgan fingerprint density at radius 1 is 1.07 bits per heavy atom. The molecule has 0 atom stereocenters. The van der Waals surface area contributed by atoms with E-state index in [1.54, 1.807) is 35.5 Å². The van der Waals surface area contributed by atoms with E-state index in [9.17, 15) is 9.59 Å². The van der Waals surface area contributed by atoms with E-state index >= 15 is 0 Å². The minimum Gasteiger partial charge on any atom is -0.455 e. The van der Waals surface area contributed by atoms with Gasteiger partial charge in [0.2, 0.25) is 5.91 Å². The SMILES string of the molecule is O=C(/C=C/C(=O)N1Cc2ccccc2Oc2ccc(Cl)cc21)NCc1ccncc1. The zero-order valence-electron chi connectivity index (χ0n) is 15.9. The fraction of sp³-hybridized carbons (Fsp3) is 0.0870. The number of para-hydroxylation sites is 1. The van der Waals surface area contributed by atoms with Gasteiger partial charge >= 0.3 is 0 Å². The van der Waals surface area contributed by atoms with Crippen LogP contribution >= 0.6 is 11.6 Å². The van der Waals surface area contributed by atoms with Crippen LogP contribution in [0, 0.1) is 0 Å². The van der Waals surface area contributed by atoms with Crippen molar-refractivity contribution in [1.82, 2.24) is 10.3 Å². The van der Waals surface area contributed by atoms with E-state index in [2.05, 4.69) is 10.3 Å². The van der Waals surface area contributed by atoms with E-state index in [1.807, 2.05) is 36.4 Å². The topological polar surface area (TPSA) is 71.5 Å². The van der Waals surface area contributed by atoms with Crippen molar-refractivity contribution >= 4 is 29.1 Å². The summed E-state index contributed by atoms with van der Waals surface area (Å²) < 4.78 is 5.99. The summed E-state index contributed by atoms with van der Waals surface area (Å²) >= 11 is 6.16. The van der Waals surface area contributed by atoms with Crippen LogP contribution in [0.15, 0.2) is 79.1 Å². The van der Waals surface area contributed by atoms with E-state index < -0.39 is 0 Å². The molecule has 1 N–H and O–H groups in total. The molecule has 2 amide bonds. The first-order valence-corrected chi connectivity index (χ1v) is 9.69. The lowest BCUT2D eigenvalue weighted by Crippen LogP contribution is -2.29. The molecule has 2 heterocycles. The number of fused-ring (bicyclic) bond motifs is 2. The average molecular weight is 420 g/mol. The molecule has 0 fully saturated rings. The van der Waals surface area contributed by atoms with E-state index in [-0.39, 0.29) is 11.8 Å². The number of ether oxygens (including phenoxy) is 1. The molecule has 0 bridgehead atoms. The fourth-order valence-corrected chi connectivity index (χ4v) is 3.24. The zero-order valence-corrected chi connectivity index (χ0v) is 16.7. The summed E-state index contributed by atoms with van der Waals surface area (Å²) in [4.78, 5) is 30.6. The van der Waals surface area contributed by atoms with Gasteiger partial charge in [-0.05, 0) is 42.0 Å². The predicted molar refractivity (Wildman–Crippen MR) is 114 cm³/mol. The maximum atomic E-state index is 13.0. The standard InChI is InChI=1S/C23H18ClN3O3/c24-18-5-6-21-19(13-18)27(15-17-3-1-2-4-20(17)30-21)23(29)8-7-22(28)26-14-16-9-11-25-12-10-16/h1-13H,14-15H2,(H,26,28)/b8-7+. The summed E-state index contributed by atoms with van der Waals surface area (Å²) in [5.74, 6) is 0.486. The summed E-state index contributed by atoms with van der Waals surface area (Å²) in [7, 11) is 0. The van der Waals surface area contributed by atoms with Crippen LogP contribution in [0.1, 0.15) is 11.1 Å². The Bertz CT molecular complexity index is 1120. The van der Waals surface area contributed by atoms with Crippen LogP contribution in [0.5, 0.6) is 11.5 Å². The monoisotopic (exact) mass is 419 g/mol. The first-order valence-electron chi connectivity index (χ1n) is 9.32. The lowest BCUT2D eigenvalue weighted by molar-refractivity contribution is -0.118. The highest BCUT2D eigenvalue weighted by atomic mass is 35.5. The largest absolute Gasteiger partial charge is 0.455 e. The number of benzene rings is 2. The van der Waals surface area contributed by atoms with Crippen molar-refractivity contribution in [3.8, 4) is 11.5 Å². The number of hydrogen-bond acceptors (Lipinski definition) is 4. The van der Waals surface area contributed by atoms with Gasteiger partial charge in [-0.1, -0.05) is 29.8 Å². The molecule has 0 unspecified atom stereocenters. The van der Waals surface area contributed by atoms with Crippen LogP contribution < -0.4 is 15.0 Å². The Balaban J connectivity index is 1.53. The quantitative estimate of drug-likeness (QED) is 0.642. The number of amides is 2. The van der Waals surface area contributed by atoms with Crippen molar-refractivity contribution < 1.29 is 14.3 Å². The molecule has 0 radical (unpaired) electrons. The van der Waals surface area contributed by atoms with Crippen molar-refractivity contribution in [2.45, 2.75) is 13.1 Å².